The molecule has 1 fully saturated rings. The Bertz CT molecular complexity index is 419. The zero-order chi connectivity index (χ0) is 13.2. The van der Waals surface area contributed by atoms with E-state index in [0.717, 1.165) is 11.5 Å². The second-order valence-corrected chi connectivity index (χ2v) is 5.73. The average Bonchev–Trinajstić information content (AvgIpc) is 3.04. The monoisotopic (exact) mass is 250 g/mol. The van der Waals surface area contributed by atoms with E-state index in [1.165, 1.54) is 12.8 Å². The molecule has 0 aromatic carbocycles. The van der Waals surface area contributed by atoms with Gasteiger partial charge in [-0.15, -0.1) is 0 Å². The van der Waals surface area contributed by atoms with Crippen molar-refractivity contribution in [3.05, 3.63) is 23.7 Å². The van der Waals surface area contributed by atoms with Crippen molar-refractivity contribution in [2.24, 2.45) is 0 Å². The van der Waals surface area contributed by atoms with Crippen LogP contribution in [0, 0.1) is 6.92 Å². The molecule has 0 atom stereocenters. The maximum Gasteiger partial charge on any atom is 0.233 e. The van der Waals surface area contributed by atoms with Gasteiger partial charge < -0.3 is 15.1 Å². The number of amides is 1. The molecular formula is C14H22N2O2. The highest BCUT2D eigenvalue weighted by Crippen LogP contribution is 2.24. The van der Waals surface area contributed by atoms with Gasteiger partial charge in [0.2, 0.25) is 5.91 Å². The van der Waals surface area contributed by atoms with Crippen molar-refractivity contribution < 1.29 is 9.21 Å². The first kappa shape index (κ1) is 13.1. The van der Waals surface area contributed by atoms with Gasteiger partial charge in [0.1, 0.15) is 11.5 Å². The quantitative estimate of drug-likeness (QED) is 0.808. The molecule has 1 heterocycles. The van der Waals surface area contributed by atoms with E-state index in [4.69, 9.17) is 4.42 Å². The predicted octanol–water partition coefficient (Wildman–Crippen LogP) is 1.73. The minimum Gasteiger partial charge on any atom is -0.466 e. The minimum absolute atomic E-state index is 0.0539. The summed E-state index contributed by atoms with van der Waals surface area (Å²) in [6.07, 6.45) is 2.40. The number of carbonyl (C=O) groups excluding carboxylic acids is 1. The molecule has 0 aliphatic heterocycles. The lowest BCUT2D eigenvalue weighted by atomic mass is 9.90. The van der Waals surface area contributed by atoms with Crippen LogP contribution in [0.25, 0.3) is 0 Å². The van der Waals surface area contributed by atoms with Gasteiger partial charge in [-0.2, -0.15) is 0 Å². The van der Waals surface area contributed by atoms with E-state index in [9.17, 15) is 4.79 Å². The first-order valence-electron chi connectivity index (χ1n) is 6.54. The third-order valence-electron chi connectivity index (χ3n) is 3.26. The fourth-order valence-corrected chi connectivity index (χ4v) is 1.79. The van der Waals surface area contributed by atoms with E-state index >= 15 is 0 Å². The van der Waals surface area contributed by atoms with Crippen molar-refractivity contribution in [1.29, 1.82) is 0 Å². The molecule has 1 aliphatic carbocycles. The number of rotatable bonds is 6. The largest absolute Gasteiger partial charge is 0.466 e. The molecule has 0 spiro atoms. The maximum atomic E-state index is 11.7. The summed E-state index contributed by atoms with van der Waals surface area (Å²) in [6.45, 7) is 7.07. The Labute approximate surface area is 108 Å². The van der Waals surface area contributed by atoms with E-state index in [2.05, 4.69) is 24.5 Å². The van der Waals surface area contributed by atoms with Gasteiger partial charge in [0.15, 0.2) is 0 Å². The van der Waals surface area contributed by atoms with E-state index in [1.54, 1.807) is 0 Å². The highest BCUT2D eigenvalue weighted by molar-refractivity contribution is 5.78. The number of nitrogens with one attached hydrogen (secondary N) is 2. The van der Waals surface area contributed by atoms with Crippen molar-refractivity contribution in [3.8, 4) is 0 Å². The van der Waals surface area contributed by atoms with Crippen molar-refractivity contribution in [1.82, 2.24) is 10.6 Å². The molecule has 4 nitrogen and oxygen atoms in total. The first-order valence-corrected chi connectivity index (χ1v) is 6.54. The molecule has 0 unspecified atom stereocenters. The van der Waals surface area contributed by atoms with Gasteiger partial charge in [0, 0.05) is 18.0 Å². The van der Waals surface area contributed by atoms with Crippen LogP contribution in [-0.4, -0.2) is 25.0 Å². The lowest BCUT2D eigenvalue weighted by Crippen LogP contribution is -2.41. The van der Waals surface area contributed by atoms with Gasteiger partial charge in [0.25, 0.3) is 0 Å². The van der Waals surface area contributed by atoms with Crippen LogP contribution in [0.3, 0.4) is 0 Å². The highest BCUT2D eigenvalue weighted by Gasteiger charge is 2.25. The van der Waals surface area contributed by atoms with Crippen LogP contribution in [0.1, 0.15) is 38.2 Å². The number of hydrogen-bond donors (Lipinski definition) is 2. The Hall–Kier alpha value is -1.29. The summed E-state index contributed by atoms with van der Waals surface area (Å²) in [5.41, 5.74) is -0.177. The number of hydrogen-bond acceptors (Lipinski definition) is 3. The Balaban J connectivity index is 1.78. The van der Waals surface area contributed by atoms with E-state index in [0.29, 0.717) is 19.1 Å². The summed E-state index contributed by atoms with van der Waals surface area (Å²) < 4.78 is 5.62. The molecule has 1 amide bonds. The molecule has 4 heteroatoms. The van der Waals surface area contributed by atoms with Gasteiger partial charge in [0.05, 0.1) is 6.54 Å². The third-order valence-corrected chi connectivity index (χ3v) is 3.26. The van der Waals surface area contributed by atoms with Gasteiger partial charge in [-0.25, -0.2) is 0 Å². The third kappa shape index (κ3) is 3.60. The molecule has 0 saturated heterocycles. The molecule has 1 aromatic heterocycles. The second kappa shape index (κ2) is 5.14. The normalized spacial score (nSPS) is 15.7. The van der Waals surface area contributed by atoms with E-state index in [1.807, 2.05) is 19.1 Å². The molecular weight excluding hydrogens is 228 g/mol. The van der Waals surface area contributed by atoms with Crippen molar-refractivity contribution in [3.63, 3.8) is 0 Å². The number of aryl methyl sites for hydroxylation is 1. The highest BCUT2D eigenvalue weighted by atomic mass is 16.3. The Kier molecular flexibility index (Phi) is 3.76. The summed E-state index contributed by atoms with van der Waals surface area (Å²) in [7, 11) is 0. The molecule has 0 bridgehead atoms. The maximum absolute atomic E-state index is 11.7. The van der Waals surface area contributed by atoms with Crippen LogP contribution in [0.4, 0.5) is 0 Å². The fourth-order valence-electron chi connectivity index (χ4n) is 1.79. The number of furan rings is 1. The minimum atomic E-state index is -0.177. The second-order valence-electron chi connectivity index (χ2n) is 5.73. The van der Waals surface area contributed by atoms with Crippen LogP contribution in [0.5, 0.6) is 0 Å². The zero-order valence-corrected chi connectivity index (χ0v) is 11.4. The van der Waals surface area contributed by atoms with Gasteiger partial charge in [-0.3, -0.25) is 4.79 Å². The Morgan fingerprint density at radius 2 is 2.17 bits per heavy atom. The summed E-state index contributed by atoms with van der Waals surface area (Å²) in [5.74, 6) is 1.87. The van der Waals surface area contributed by atoms with Gasteiger partial charge in [-0.1, -0.05) is 13.8 Å². The van der Waals surface area contributed by atoms with Crippen LogP contribution in [-0.2, 0) is 10.2 Å². The van der Waals surface area contributed by atoms with Gasteiger partial charge >= 0.3 is 0 Å². The van der Waals surface area contributed by atoms with Crippen molar-refractivity contribution >= 4 is 5.91 Å². The molecule has 1 aliphatic rings. The molecule has 0 radical (unpaired) electrons. The molecule has 18 heavy (non-hydrogen) atoms. The fraction of sp³-hybridized carbons (Fsp3) is 0.643. The lowest BCUT2D eigenvalue weighted by molar-refractivity contribution is -0.120. The van der Waals surface area contributed by atoms with Crippen molar-refractivity contribution in [2.75, 3.05) is 13.1 Å². The lowest BCUT2D eigenvalue weighted by Gasteiger charge is -2.22. The van der Waals surface area contributed by atoms with Crippen LogP contribution >= 0.6 is 0 Å². The van der Waals surface area contributed by atoms with Crippen molar-refractivity contribution in [2.45, 2.75) is 45.1 Å². The summed E-state index contributed by atoms with van der Waals surface area (Å²) >= 11 is 0. The summed E-state index contributed by atoms with van der Waals surface area (Å²) in [6, 6.07) is 4.49. The SMILES string of the molecule is Cc1ccc(C(C)(C)CNC(=O)CNC2CC2)o1. The Morgan fingerprint density at radius 1 is 1.44 bits per heavy atom. The standard InChI is InChI=1S/C14H22N2O2/c1-10-4-7-12(18-10)14(2,3)9-16-13(17)8-15-11-5-6-11/h4,7,11,15H,5-6,8-9H2,1-3H3,(H,16,17). The van der Waals surface area contributed by atoms with Gasteiger partial charge in [-0.05, 0) is 31.9 Å². The molecule has 2 rings (SSSR count). The summed E-state index contributed by atoms with van der Waals surface area (Å²) in [4.78, 5) is 11.7. The molecule has 1 aromatic rings. The summed E-state index contributed by atoms with van der Waals surface area (Å²) in [5, 5.41) is 6.15. The van der Waals surface area contributed by atoms with E-state index < -0.39 is 0 Å². The smallest absolute Gasteiger partial charge is 0.233 e. The molecule has 1 saturated carbocycles. The Morgan fingerprint density at radius 3 is 2.72 bits per heavy atom. The van der Waals surface area contributed by atoms with Crippen LogP contribution in [0.2, 0.25) is 0 Å². The average molecular weight is 250 g/mol. The first-order chi connectivity index (χ1) is 8.47. The zero-order valence-electron chi connectivity index (χ0n) is 11.4. The predicted molar refractivity (Wildman–Crippen MR) is 70.5 cm³/mol. The molecule has 100 valence electrons. The van der Waals surface area contributed by atoms with Crippen LogP contribution in [0.15, 0.2) is 16.5 Å². The van der Waals surface area contributed by atoms with Crippen LogP contribution < -0.4 is 10.6 Å². The molecule has 2 N–H and O–H groups in total. The topological polar surface area (TPSA) is 54.3 Å². The number of carbonyl (C=O) groups is 1. The van der Waals surface area contributed by atoms with E-state index in [-0.39, 0.29) is 11.3 Å².